The molecule has 2 aromatic carbocycles. The largest absolute Gasteiger partial charge is 1.00 e. The second-order valence-corrected chi connectivity index (χ2v) is 18.8. The van der Waals surface area contributed by atoms with E-state index in [2.05, 4.69) is 82.1 Å². The minimum atomic E-state index is -2.38. The molecule has 24 heavy (non-hydrogen) atoms. The van der Waals surface area contributed by atoms with Crippen molar-refractivity contribution in [2.24, 2.45) is 0 Å². The van der Waals surface area contributed by atoms with Crippen LogP contribution in [0.5, 0.6) is 0 Å². The van der Waals surface area contributed by atoms with Crippen molar-refractivity contribution in [2.45, 2.75) is 16.5 Å². The Kier molecular flexibility index (Phi) is 7.50. The van der Waals surface area contributed by atoms with Crippen LogP contribution in [0.4, 0.5) is 0 Å². The second kappa shape index (κ2) is 8.32. The summed E-state index contributed by atoms with van der Waals surface area (Å²) in [5.74, 6) is 0. The van der Waals surface area contributed by atoms with Gasteiger partial charge in [-0.15, -0.1) is 0 Å². The van der Waals surface area contributed by atoms with Gasteiger partial charge in [0.2, 0.25) is 0 Å². The molecule has 2 atom stereocenters. The van der Waals surface area contributed by atoms with E-state index < -0.39 is 20.3 Å². The molecule has 0 nitrogen and oxygen atoms in total. The van der Waals surface area contributed by atoms with Crippen LogP contribution in [0.1, 0.15) is 29.5 Å². The molecule has 0 amide bonds. The van der Waals surface area contributed by atoms with Crippen LogP contribution in [-0.4, -0.2) is 11.0 Å². The van der Waals surface area contributed by atoms with Crippen molar-refractivity contribution in [3.05, 3.63) is 82.9 Å². The van der Waals surface area contributed by atoms with Gasteiger partial charge >= 0.3 is 132 Å². The number of hydrogen-bond donors (Lipinski definition) is 0. The molecule has 0 fully saturated rings. The van der Waals surface area contributed by atoms with Gasteiger partial charge in [0.25, 0.3) is 0 Å². The van der Waals surface area contributed by atoms with Gasteiger partial charge in [0.15, 0.2) is 0 Å². The zero-order valence-electron chi connectivity index (χ0n) is 13.3. The SMILES string of the molecule is [CH3][Zr+2]([CH3])([CH]1C=Cc2ccccc21)[CH]1C=Cc2ccccc21.[Cl-].[Cl-].[SiH4]. The average Bonchev–Trinajstić information content (AvgIpc) is 3.12. The van der Waals surface area contributed by atoms with Crippen molar-refractivity contribution >= 4 is 23.1 Å². The van der Waals surface area contributed by atoms with Gasteiger partial charge in [-0.1, -0.05) is 0 Å². The Morgan fingerprint density at radius 2 is 1.04 bits per heavy atom. The normalized spacial score (nSPS) is 18.9. The summed E-state index contributed by atoms with van der Waals surface area (Å²) in [6.45, 7) is 0. The van der Waals surface area contributed by atoms with E-state index in [0.29, 0.717) is 7.25 Å². The Morgan fingerprint density at radius 3 is 1.46 bits per heavy atom. The van der Waals surface area contributed by atoms with Crippen molar-refractivity contribution in [1.29, 1.82) is 0 Å². The van der Waals surface area contributed by atoms with Crippen molar-refractivity contribution in [3.8, 4) is 0 Å². The van der Waals surface area contributed by atoms with Gasteiger partial charge < -0.3 is 24.8 Å². The maximum Gasteiger partial charge on any atom is -0.0149 e. The van der Waals surface area contributed by atoms with Crippen LogP contribution in [0.15, 0.2) is 60.7 Å². The van der Waals surface area contributed by atoms with E-state index in [1.165, 1.54) is 11.1 Å². The molecule has 4 rings (SSSR count). The molecule has 0 radical (unpaired) electrons. The summed E-state index contributed by atoms with van der Waals surface area (Å²) in [6.07, 6.45) is 9.64. The maximum atomic E-state index is 2.61. The van der Waals surface area contributed by atoms with Crippen molar-refractivity contribution in [1.82, 2.24) is 0 Å². The predicted molar refractivity (Wildman–Crippen MR) is 99.5 cm³/mol. The molecule has 0 saturated carbocycles. The quantitative estimate of drug-likeness (QED) is 0.476. The summed E-state index contributed by atoms with van der Waals surface area (Å²) < 4.78 is 6.61. The Labute approximate surface area is 166 Å². The Hall–Kier alpha value is -0.400. The first kappa shape index (κ1) is 21.6. The van der Waals surface area contributed by atoms with Crippen LogP contribution in [0.3, 0.4) is 0 Å². The molecule has 0 aliphatic heterocycles. The Bertz CT molecular complexity index is 704. The summed E-state index contributed by atoms with van der Waals surface area (Å²) in [5, 5.41) is 0. The first-order valence-corrected chi connectivity index (χ1v) is 15.5. The van der Waals surface area contributed by atoms with Crippen LogP contribution in [-0.2, 0) is 20.3 Å². The monoisotopic (exact) mass is 452 g/mol. The molecule has 0 saturated heterocycles. The summed E-state index contributed by atoms with van der Waals surface area (Å²) in [7, 11) is 0. The summed E-state index contributed by atoms with van der Waals surface area (Å²) in [4.78, 5) is 0. The van der Waals surface area contributed by atoms with Crippen molar-refractivity contribution in [2.75, 3.05) is 0 Å². The molecule has 2 aliphatic rings. The minimum absolute atomic E-state index is 0. The topological polar surface area (TPSA) is 0 Å². The molecule has 126 valence electrons. The Balaban J connectivity index is 0.000000960. The third-order valence-corrected chi connectivity index (χ3v) is 15.6. The number of benzene rings is 2. The summed E-state index contributed by atoms with van der Waals surface area (Å²) in [5.41, 5.74) is 6.00. The Morgan fingerprint density at radius 1 is 0.667 bits per heavy atom. The molecule has 2 unspecified atom stereocenters. The van der Waals surface area contributed by atoms with Gasteiger partial charge in [0.05, 0.1) is 0 Å². The summed E-state index contributed by atoms with van der Waals surface area (Å²) in [6, 6.07) is 17.9. The predicted octanol–water partition coefficient (Wildman–Crippen LogP) is -1.67. The fourth-order valence-electron chi connectivity index (χ4n) is 3.99. The van der Waals surface area contributed by atoms with Gasteiger partial charge in [-0.3, -0.25) is 0 Å². The molecule has 0 spiro atoms. The van der Waals surface area contributed by atoms with E-state index in [4.69, 9.17) is 0 Å². The van der Waals surface area contributed by atoms with Crippen molar-refractivity contribution < 1.29 is 45.1 Å². The minimum Gasteiger partial charge on any atom is -1.00 e. The van der Waals surface area contributed by atoms with E-state index in [1.807, 2.05) is 0 Å². The second-order valence-electron chi connectivity index (χ2n) is 6.75. The van der Waals surface area contributed by atoms with Crippen LogP contribution in [0.2, 0.25) is 9.26 Å². The van der Waals surface area contributed by atoms with Crippen LogP contribution < -0.4 is 24.8 Å². The number of allylic oxidation sites excluding steroid dienone is 2. The first-order chi connectivity index (χ1) is 10.2. The number of halogens is 2. The third-order valence-electron chi connectivity index (χ3n) is 5.20. The summed E-state index contributed by atoms with van der Waals surface area (Å²) >= 11 is -2.38. The van der Waals surface area contributed by atoms with Gasteiger partial charge in [0.1, 0.15) is 0 Å². The maximum absolute atomic E-state index is 2.61. The van der Waals surface area contributed by atoms with E-state index in [9.17, 15) is 0 Å². The van der Waals surface area contributed by atoms with Gasteiger partial charge in [-0.05, 0) is 11.0 Å². The number of hydrogen-bond acceptors (Lipinski definition) is 0. The first-order valence-electron chi connectivity index (χ1n) is 7.72. The number of rotatable bonds is 2. The molecule has 0 heterocycles. The molecule has 0 aromatic heterocycles. The van der Waals surface area contributed by atoms with Gasteiger partial charge in [0, 0.05) is 0 Å². The molecular weight excluding hydrogens is 430 g/mol. The van der Waals surface area contributed by atoms with Crippen LogP contribution in [0, 0.1) is 0 Å². The van der Waals surface area contributed by atoms with Crippen LogP contribution in [0.25, 0.3) is 12.2 Å². The fraction of sp³-hybridized carbons (Fsp3) is 0.200. The molecule has 2 aliphatic carbocycles. The van der Waals surface area contributed by atoms with Crippen molar-refractivity contribution in [3.63, 3.8) is 0 Å². The van der Waals surface area contributed by atoms with E-state index in [1.54, 1.807) is 11.1 Å². The van der Waals surface area contributed by atoms with E-state index >= 15 is 0 Å². The molecule has 2 aromatic rings. The van der Waals surface area contributed by atoms with Gasteiger partial charge in [-0.2, -0.15) is 0 Å². The smallest absolute Gasteiger partial charge is 0.0149 e. The third kappa shape index (κ3) is 3.44. The van der Waals surface area contributed by atoms with Gasteiger partial charge in [-0.25, -0.2) is 0 Å². The molecular formula is C20H24Cl2SiZr. The van der Waals surface area contributed by atoms with E-state index in [0.717, 1.165) is 0 Å². The molecule has 0 N–H and O–H groups in total. The molecule has 0 bridgehead atoms. The zero-order chi connectivity index (χ0) is 14.4. The molecule has 4 heteroatoms. The fourth-order valence-corrected chi connectivity index (χ4v) is 13.1. The standard InChI is InChI=1S/2C9H7.2CH3.2ClH.H4Si.Zr/c2*1-2-5-9-7-3-6-8(9)4-1;;;;;;/h2*1-7H;2*1H3;2*1H;1H4;/q;;;;;;;+2/p-2. The van der Waals surface area contributed by atoms with E-state index in [-0.39, 0.29) is 35.8 Å². The zero-order valence-corrected chi connectivity index (χ0v) is 17.3. The average molecular weight is 455 g/mol. The number of fused-ring (bicyclic) bond motifs is 2. The van der Waals surface area contributed by atoms with Crippen LogP contribution >= 0.6 is 0 Å².